The molecule has 0 spiro atoms. The monoisotopic (exact) mass is 322 g/mol. The molecule has 0 atom stereocenters. The number of carbonyl (C=O) groups is 1. The molecule has 124 valence electrons. The average molecular weight is 322 g/mol. The number of aromatic nitrogens is 3. The first-order valence-corrected chi connectivity index (χ1v) is 8.62. The van der Waals surface area contributed by atoms with Crippen LogP contribution in [0.25, 0.3) is 10.9 Å². The Hall–Kier alpha value is -2.56. The number of rotatable bonds is 4. The summed E-state index contributed by atoms with van der Waals surface area (Å²) in [5.74, 6) is 0.822. The van der Waals surface area contributed by atoms with Gasteiger partial charge in [-0.2, -0.15) is 5.10 Å². The highest BCUT2D eigenvalue weighted by atomic mass is 16.1. The Morgan fingerprint density at radius 3 is 2.96 bits per heavy atom. The van der Waals surface area contributed by atoms with E-state index in [4.69, 9.17) is 0 Å². The van der Waals surface area contributed by atoms with Gasteiger partial charge in [0.1, 0.15) is 5.82 Å². The topological polar surface area (TPSA) is 62.7 Å². The van der Waals surface area contributed by atoms with Crippen molar-refractivity contribution >= 4 is 22.6 Å². The highest BCUT2D eigenvalue weighted by Crippen LogP contribution is 2.32. The van der Waals surface area contributed by atoms with Crippen molar-refractivity contribution in [2.45, 2.75) is 45.1 Å². The third-order valence-electron chi connectivity index (χ3n) is 4.82. The van der Waals surface area contributed by atoms with Gasteiger partial charge in [-0.1, -0.05) is 31.0 Å². The Balaban J connectivity index is 1.52. The highest BCUT2D eigenvalue weighted by molar-refractivity contribution is 5.95. The lowest BCUT2D eigenvalue weighted by molar-refractivity contribution is -0.115. The van der Waals surface area contributed by atoms with Crippen molar-refractivity contribution < 1.29 is 4.79 Å². The maximum Gasteiger partial charge on any atom is 0.230 e. The van der Waals surface area contributed by atoms with E-state index < -0.39 is 0 Å². The van der Waals surface area contributed by atoms with Crippen molar-refractivity contribution in [3.05, 3.63) is 47.8 Å². The lowest BCUT2D eigenvalue weighted by atomic mass is 10.1. The number of H-pyrrole nitrogens is 1. The van der Waals surface area contributed by atoms with Crippen molar-refractivity contribution in [2.75, 3.05) is 5.32 Å². The number of carbonyl (C=O) groups excluding carboxylic acids is 1. The first-order chi connectivity index (χ1) is 11.7. The molecule has 1 aliphatic rings. The van der Waals surface area contributed by atoms with Crippen LogP contribution in [0.3, 0.4) is 0 Å². The smallest absolute Gasteiger partial charge is 0.230 e. The van der Waals surface area contributed by atoms with E-state index in [0.29, 0.717) is 12.5 Å². The summed E-state index contributed by atoms with van der Waals surface area (Å²) in [4.78, 5) is 15.8. The summed E-state index contributed by atoms with van der Waals surface area (Å²) < 4.78 is 2.01. The predicted molar refractivity (Wildman–Crippen MR) is 95.1 cm³/mol. The van der Waals surface area contributed by atoms with Gasteiger partial charge in [-0.15, -0.1) is 0 Å². The number of aryl methyl sites for hydroxylation is 1. The molecule has 1 aliphatic carbocycles. The number of hydrogen-bond acceptors (Lipinski definition) is 2. The van der Waals surface area contributed by atoms with Gasteiger partial charge in [-0.3, -0.25) is 4.79 Å². The maximum atomic E-state index is 12.5. The zero-order valence-corrected chi connectivity index (χ0v) is 13.9. The van der Waals surface area contributed by atoms with Crippen molar-refractivity contribution in [2.24, 2.45) is 0 Å². The number of fused-ring (bicyclic) bond motifs is 1. The fourth-order valence-electron chi connectivity index (χ4n) is 3.68. The van der Waals surface area contributed by atoms with E-state index in [9.17, 15) is 4.79 Å². The Bertz CT molecular complexity index is 871. The molecule has 5 nitrogen and oxygen atoms in total. The molecule has 0 bridgehead atoms. The van der Waals surface area contributed by atoms with Gasteiger partial charge in [0.2, 0.25) is 5.91 Å². The maximum absolute atomic E-state index is 12.5. The number of para-hydroxylation sites is 1. The fourth-order valence-corrected chi connectivity index (χ4v) is 3.68. The quantitative estimate of drug-likeness (QED) is 0.763. The molecule has 0 unspecified atom stereocenters. The summed E-state index contributed by atoms with van der Waals surface area (Å²) in [7, 11) is 0. The zero-order valence-electron chi connectivity index (χ0n) is 13.9. The minimum Gasteiger partial charge on any atom is -0.361 e. The van der Waals surface area contributed by atoms with Crippen molar-refractivity contribution in [1.82, 2.24) is 14.8 Å². The second kappa shape index (κ2) is 6.15. The summed E-state index contributed by atoms with van der Waals surface area (Å²) >= 11 is 0. The molecule has 2 heterocycles. The molecule has 0 radical (unpaired) electrons. The molecule has 3 aromatic rings. The molecule has 1 fully saturated rings. The predicted octanol–water partition coefficient (Wildman–Crippen LogP) is 3.97. The number of benzene rings is 1. The van der Waals surface area contributed by atoms with Crippen molar-refractivity contribution in [1.29, 1.82) is 0 Å². The summed E-state index contributed by atoms with van der Waals surface area (Å²) in [6.45, 7) is 1.97. The SMILES string of the molecule is Cc1cc(NC(=O)Cc2c[nH]c3ccccc23)n(C2CCCC2)n1. The normalized spacial score (nSPS) is 15.2. The van der Waals surface area contributed by atoms with Crippen LogP contribution in [0.1, 0.15) is 43.0 Å². The molecule has 4 rings (SSSR count). The van der Waals surface area contributed by atoms with Gasteiger partial charge in [0, 0.05) is 23.2 Å². The van der Waals surface area contributed by atoms with Crippen LogP contribution in [0, 0.1) is 6.92 Å². The molecule has 1 aromatic carbocycles. The van der Waals surface area contributed by atoms with Gasteiger partial charge in [0.15, 0.2) is 0 Å². The molecule has 5 heteroatoms. The molecule has 2 N–H and O–H groups in total. The number of anilines is 1. The van der Waals surface area contributed by atoms with Crippen LogP contribution < -0.4 is 5.32 Å². The molecular formula is C19H22N4O. The van der Waals surface area contributed by atoms with Crippen LogP contribution in [0.2, 0.25) is 0 Å². The summed E-state index contributed by atoms with van der Waals surface area (Å²) in [5.41, 5.74) is 3.03. The number of nitrogens with zero attached hydrogens (tertiary/aromatic N) is 2. The fraction of sp³-hybridized carbons (Fsp3) is 0.368. The van der Waals surface area contributed by atoms with Crippen LogP contribution in [0.5, 0.6) is 0 Å². The lowest BCUT2D eigenvalue weighted by Crippen LogP contribution is -2.19. The van der Waals surface area contributed by atoms with E-state index in [2.05, 4.69) is 15.4 Å². The molecule has 2 aromatic heterocycles. The number of hydrogen-bond donors (Lipinski definition) is 2. The molecule has 1 saturated carbocycles. The van der Waals surface area contributed by atoms with Crippen LogP contribution >= 0.6 is 0 Å². The van der Waals surface area contributed by atoms with Crippen molar-refractivity contribution in [3.8, 4) is 0 Å². The van der Waals surface area contributed by atoms with Gasteiger partial charge in [-0.05, 0) is 31.4 Å². The van der Waals surface area contributed by atoms with Crippen LogP contribution in [-0.2, 0) is 11.2 Å². The third-order valence-corrected chi connectivity index (χ3v) is 4.82. The van der Waals surface area contributed by atoms with E-state index in [1.165, 1.54) is 12.8 Å². The number of aromatic amines is 1. The molecule has 0 aliphatic heterocycles. The largest absolute Gasteiger partial charge is 0.361 e. The summed E-state index contributed by atoms with van der Waals surface area (Å²) in [6, 6.07) is 10.4. The van der Waals surface area contributed by atoms with Gasteiger partial charge < -0.3 is 10.3 Å². The second-order valence-corrected chi connectivity index (χ2v) is 6.64. The minimum absolute atomic E-state index is 0.00102. The van der Waals surface area contributed by atoms with Crippen molar-refractivity contribution in [3.63, 3.8) is 0 Å². The number of amides is 1. The summed E-state index contributed by atoms with van der Waals surface area (Å²) in [5, 5.41) is 8.75. The number of nitrogens with one attached hydrogen (secondary N) is 2. The van der Waals surface area contributed by atoms with Gasteiger partial charge in [0.25, 0.3) is 0 Å². The highest BCUT2D eigenvalue weighted by Gasteiger charge is 2.21. The molecule has 1 amide bonds. The third kappa shape index (κ3) is 2.82. The van der Waals surface area contributed by atoms with E-state index in [-0.39, 0.29) is 5.91 Å². The van der Waals surface area contributed by atoms with Crippen LogP contribution in [0.4, 0.5) is 5.82 Å². The van der Waals surface area contributed by atoms with E-state index in [1.54, 1.807) is 0 Å². The first kappa shape index (κ1) is 15.0. The lowest BCUT2D eigenvalue weighted by Gasteiger charge is -2.14. The Labute approximate surface area is 141 Å². The van der Waals surface area contributed by atoms with Crippen LogP contribution in [0.15, 0.2) is 36.5 Å². The molecule has 24 heavy (non-hydrogen) atoms. The van der Waals surface area contributed by atoms with Gasteiger partial charge >= 0.3 is 0 Å². The van der Waals surface area contributed by atoms with E-state index >= 15 is 0 Å². The average Bonchev–Trinajstić information content (AvgIpc) is 3.28. The Morgan fingerprint density at radius 2 is 2.12 bits per heavy atom. The minimum atomic E-state index is -0.00102. The zero-order chi connectivity index (χ0) is 16.5. The Kier molecular flexibility index (Phi) is 3.84. The first-order valence-electron chi connectivity index (χ1n) is 8.62. The molecular weight excluding hydrogens is 300 g/mol. The summed E-state index contributed by atoms with van der Waals surface area (Å²) in [6.07, 6.45) is 7.06. The van der Waals surface area contributed by atoms with Gasteiger partial charge in [0.05, 0.1) is 18.2 Å². The Morgan fingerprint density at radius 1 is 1.33 bits per heavy atom. The van der Waals surface area contributed by atoms with Crippen LogP contribution in [-0.4, -0.2) is 20.7 Å². The second-order valence-electron chi connectivity index (χ2n) is 6.64. The van der Waals surface area contributed by atoms with E-state index in [0.717, 1.165) is 40.8 Å². The standard InChI is InChI=1S/C19H22N4O/c1-13-10-18(23(22-13)15-6-2-3-7-15)21-19(24)11-14-12-20-17-9-5-4-8-16(14)17/h4-5,8-10,12,15,20H,2-3,6-7,11H2,1H3,(H,21,24). The van der Waals surface area contributed by atoms with Gasteiger partial charge in [-0.25, -0.2) is 4.68 Å². The molecule has 0 saturated heterocycles. The van der Waals surface area contributed by atoms with E-state index in [1.807, 2.05) is 48.1 Å².